The molecule has 2 aromatic rings. The Morgan fingerprint density at radius 1 is 1.13 bits per heavy atom. The van der Waals surface area contributed by atoms with Gasteiger partial charge in [-0.3, -0.25) is 0 Å². The molecular weight excluding hydrogens is 308 g/mol. The van der Waals surface area contributed by atoms with Gasteiger partial charge in [-0.05, 0) is 18.2 Å². The van der Waals surface area contributed by atoms with Crippen LogP contribution >= 0.6 is 0 Å². The van der Waals surface area contributed by atoms with Crippen LogP contribution in [0.2, 0.25) is 0 Å². The zero-order chi connectivity index (χ0) is 16.6. The van der Waals surface area contributed by atoms with Crippen LogP contribution < -0.4 is 10.9 Å². The second-order valence-corrected chi connectivity index (χ2v) is 5.38. The lowest BCUT2D eigenvalue weighted by Crippen LogP contribution is -2.60. The van der Waals surface area contributed by atoms with Gasteiger partial charge in [0, 0.05) is 23.2 Å². The van der Waals surface area contributed by atoms with Crippen LogP contribution in [-0.4, -0.2) is 52.6 Å². The lowest BCUT2D eigenvalue weighted by Gasteiger charge is -2.40. The smallest absolute Gasteiger partial charge is 0.336 e. The van der Waals surface area contributed by atoms with Gasteiger partial charge in [0.25, 0.3) is 0 Å². The van der Waals surface area contributed by atoms with Gasteiger partial charge in [-0.1, -0.05) is 0 Å². The maximum absolute atomic E-state index is 12.7. The molecule has 0 saturated carbocycles. The molecule has 7 nitrogen and oxygen atoms in total. The number of fused-ring (bicyclic) bond motifs is 1. The Kier molecular flexibility index (Phi) is 4.31. The molecule has 0 spiro atoms. The minimum atomic E-state index is -1.51. The van der Waals surface area contributed by atoms with Gasteiger partial charge < -0.3 is 29.8 Å². The summed E-state index contributed by atoms with van der Waals surface area (Å²) in [5.74, 6) is 0. The number of halogens is 1. The van der Waals surface area contributed by atoms with E-state index in [-0.39, 0.29) is 0 Å². The second kappa shape index (κ2) is 6.25. The first kappa shape index (κ1) is 15.9. The zero-order valence-corrected chi connectivity index (χ0v) is 11.9. The van der Waals surface area contributed by atoms with E-state index in [2.05, 4.69) is 5.32 Å². The molecule has 124 valence electrons. The third-order valence-electron chi connectivity index (χ3n) is 3.83. The van der Waals surface area contributed by atoms with Crippen LogP contribution in [0, 0.1) is 0 Å². The Labute approximate surface area is 129 Å². The van der Waals surface area contributed by atoms with Crippen molar-refractivity contribution in [2.75, 3.05) is 12.0 Å². The number of alkyl halides is 1. The average molecular weight is 324 g/mol. The third kappa shape index (κ3) is 3.06. The van der Waals surface area contributed by atoms with Crippen LogP contribution in [0.1, 0.15) is 0 Å². The minimum absolute atomic E-state index is 0.324. The van der Waals surface area contributed by atoms with Crippen molar-refractivity contribution in [2.45, 2.75) is 30.6 Å². The Morgan fingerprint density at radius 2 is 1.87 bits per heavy atom. The van der Waals surface area contributed by atoms with E-state index in [1.54, 1.807) is 18.2 Å². The summed E-state index contributed by atoms with van der Waals surface area (Å²) in [5.41, 5.74) is 0.256. The van der Waals surface area contributed by atoms with Crippen molar-refractivity contribution in [3.8, 4) is 0 Å². The van der Waals surface area contributed by atoms with Crippen molar-refractivity contribution in [3.63, 3.8) is 0 Å². The SMILES string of the molecule is O=c1ccc2ccc(NC3C(O)OC(C[18F])[C@H](O)[C@H]3O)cc2o1. The summed E-state index contributed by atoms with van der Waals surface area (Å²) < 4.78 is 22.7. The normalized spacial score (nSPS) is 31.2. The molecule has 0 radical (unpaired) electrons. The van der Waals surface area contributed by atoms with Gasteiger partial charge in [0.2, 0.25) is 0 Å². The summed E-state index contributed by atoms with van der Waals surface area (Å²) in [7, 11) is 0. The number of benzene rings is 1. The van der Waals surface area contributed by atoms with Gasteiger partial charge in [0.05, 0.1) is 0 Å². The van der Waals surface area contributed by atoms with Gasteiger partial charge in [-0.2, -0.15) is 0 Å². The number of anilines is 1. The monoisotopic (exact) mass is 324 g/mol. The van der Waals surface area contributed by atoms with Crippen LogP contribution in [0.4, 0.5) is 10.1 Å². The van der Waals surface area contributed by atoms with Crippen molar-refractivity contribution in [1.82, 2.24) is 0 Å². The van der Waals surface area contributed by atoms with Crippen LogP contribution in [0.25, 0.3) is 11.0 Å². The predicted octanol–water partition coefficient (Wildman–Crippen LogP) is -0.0180. The molecule has 1 saturated heterocycles. The fourth-order valence-corrected chi connectivity index (χ4v) is 2.57. The molecule has 4 N–H and O–H groups in total. The minimum Gasteiger partial charge on any atom is -0.423 e. The summed E-state index contributed by atoms with van der Waals surface area (Å²) >= 11 is 0. The lowest BCUT2D eigenvalue weighted by molar-refractivity contribution is -0.240. The first-order valence-corrected chi connectivity index (χ1v) is 7.05. The summed E-state index contributed by atoms with van der Waals surface area (Å²) in [4.78, 5) is 11.2. The predicted molar refractivity (Wildman–Crippen MR) is 78.8 cm³/mol. The molecule has 23 heavy (non-hydrogen) atoms. The molecular formula is C15H16FNO6. The van der Waals surface area contributed by atoms with Gasteiger partial charge in [0.1, 0.15) is 36.6 Å². The Hall–Kier alpha value is -2.00. The summed E-state index contributed by atoms with van der Waals surface area (Å²) in [6.45, 7) is -1.02. The number of rotatable bonds is 3. The molecule has 1 aliphatic heterocycles. The number of hydrogen-bond donors (Lipinski definition) is 4. The highest BCUT2D eigenvalue weighted by Gasteiger charge is 2.43. The number of aliphatic hydroxyl groups is 3. The topological polar surface area (TPSA) is 112 Å². The van der Waals surface area contributed by atoms with Gasteiger partial charge in [0.15, 0.2) is 6.29 Å². The lowest BCUT2D eigenvalue weighted by atomic mass is 9.97. The standard InChI is InChI=1S/C15H16FNO6/c16-6-10-13(19)14(20)12(15(21)23-10)17-8-3-1-7-2-4-11(18)22-9(7)5-8/h1-5,10,12-15,17,19-21H,6H2/t10?,12?,13-,14-,15?/m0/s1/i16-1. The van der Waals surface area contributed by atoms with E-state index in [4.69, 9.17) is 9.15 Å². The molecule has 3 unspecified atom stereocenters. The maximum Gasteiger partial charge on any atom is 0.336 e. The van der Waals surface area contributed by atoms with Crippen molar-refractivity contribution in [2.24, 2.45) is 0 Å². The van der Waals surface area contributed by atoms with Gasteiger partial charge in [-0.25, -0.2) is 9.18 Å². The van der Waals surface area contributed by atoms with Gasteiger partial charge >= 0.3 is 5.63 Å². The highest BCUT2D eigenvalue weighted by atomic mass is 18.2. The number of nitrogens with one attached hydrogen (secondary N) is 1. The van der Waals surface area contributed by atoms with Crippen molar-refractivity contribution in [1.29, 1.82) is 0 Å². The molecule has 1 fully saturated rings. The van der Waals surface area contributed by atoms with Crippen molar-refractivity contribution in [3.05, 3.63) is 40.8 Å². The summed E-state index contributed by atoms with van der Waals surface area (Å²) in [6.07, 6.45) is -5.70. The molecule has 0 amide bonds. The summed E-state index contributed by atoms with van der Waals surface area (Å²) in [5, 5.41) is 33.2. The zero-order valence-electron chi connectivity index (χ0n) is 11.9. The van der Waals surface area contributed by atoms with Crippen LogP contribution in [0.15, 0.2) is 39.5 Å². The van der Waals surface area contributed by atoms with E-state index in [9.17, 15) is 24.5 Å². The number of aliphatic hydroxyl groups excluding tert-OH is 3. The molecule has 1 aromatic carbocycles. The average Bonchev–Trinajstić information content (AvgIpc) is 2.54. The van der Waals surface area contributed by atoms with E-state index in [1.165, 1.54) is 12.1 Å². The number of ether oxygens (including phenoxy) is 1. The molecule has 0 aliphatic carbocycles. The van der Waals surface area contributed by atoms with Crippen molar-refractivity contribution < 1.29 is 28.9 Å². The Morgan fingerprint density at radius 3 is 2.61 bits per heavy atom. The highest BCUT2D eigenvalue weighted by Crippen LogP contribution is 2.25. The van der Waals surface area contributed by atoms with Crippen molar-refractivity contribution >= 4 is 16.7 Å². The Balaban J connectivity index is 1.84. The fourth-order valence-electron chi connectivity index (χ4n) is 2.57. The molecule has 8 heteroatoms. The fraction of sp³-hybridized carbons (Fsp3) is 0.400. The maximum atomic E-state index is 12.7. The Bertz CT molecular complexity index is 750. The highest BCUT2D eigenvalue weighted by molar-refractivity contribution is 5.80. The number of hydrogen-bond acceptors (Lipinski definition) is 7. The molecule has 3 rings (SSSR count). The largest absolute Gasteiger partial charge is 0.423 e. The first-order chi connectivity index (χ1) is 11.0. The molecule has 0 bridgehead atoms. The van der Waals surface area contributed by atoms with E-state index < -0.39 is 42.9 Å². The molecule has 2 heterocycles. The van der Waals surface area contributed by atoms with Crippen LogP contribution in [0.3, 0.4) is 0 Å². The quantitative estimate of drug-likeness (QED) is 0.587. The van der Waals surface area contributed by atoms with E-state index in [0.29, 0.717) is 16.7 Å². The molecule has 1 aliphatic rings. The van der Waals surface area contributed by atoms with Crippen LogP contribution in [0.5, 0.6) is 0 Å². The van der Waals surface area contributed by atoms with E-state index in [1.807, 2.05) is 0 Å². The summed E-state index contributed by atoms with van der Waals surface area (Å²) in [6, 6.07) is 6.68. The van der Waals surface area contributed by atoms with Gasteiger partial charge in [-0.15, -0.1) is 0 Å². The van der Waals surface area contributed by atoms with E-state index >= 15 is 0 Å². The first-order valence-electron chi connectivity index (χ1n) is 7.05. The molecule has 1 aromatic heterocycles. The van der Waals surface area contributed by atoms with Crippen LogP contribution in [-0.2, 0) is 4.74 Å². The van der Waals surface area contributed by atoms with E-state index in [0.717, 1.165) is 0 Å². The second-order valence-electron chi connectivity index (χ2n) is 5.38. The molecule has 5 atom stereocenters. The third-order valence-corrected chi connectivity index (χ3v) is 3.83.